The van der Waals surface area contributed by atoms with Crippen molar-refractivity contribution in [3.63, 3.8) is 0 Å². The van der Waals surface area contributed by atoms with E-state index < -0.39 is 24.3 Å². The van der Waals surface area contributed by atoms with Crippen LogP contribution in [0.5, 0.6) is 0 Å². The van der Waals surface area contributed by atoms with Gasteiger partial charge >= 0.3 is 12.1 Å². The molecular formula is C21H23NO4. The average Bonchev–Trinajstić information content (AvgIpc) is 3.01. The van der Waals surface area contributed by atoms with Crippen molar-refractivity contribution in [3.8, 4) is 0 Å². The van der Waals surface area contributed by atoms with Gasteiger partial charge < -0.3 is 9.47 Å². The number of ether oxygens (including phenoxy) is 2. The molecule has 0 aromatic heterocycles. The van der Waals surface area contributed by atoms with E-state index in [4.69, 9.17) is 9.47 Å². The van der Waals surface area contributed by atoms with Gasteiger partial charge in [0.2, 0.25) is 6.23 Å². The third-order valence-corrected chi connectivity index (χ3v) is 3.66. The molecule has 26 heavy (non-hydrogen) atoms. The molecule has 2 aromatic carbocycles. The van der Waals surface area contributed by atoms with Gasteiger partial charge in [-0.25, -0.2) is 14.5 Å². The summed E-state index contributed by atoms with van der Waals surface area (Å²) in [6, 6.07) is 17.5. The summed E-state index contributed by atoms with van der Waals surface area (Å²) in [5.74, 6) is -0.460. The summed E-state index contributed by atoms with van der Waals surface area (Å²) in [6.45, 7) is 7.21. The van der Waals surface area contributed by atoms with Crippen molar-refractivity contribution < 1.29 is 19.1 Å². The van der Waals surface area contributed by atoms with Gasteiger partial charge in [-0.15, -0.1) is 6.58 Å². The van der Waals surface area contributed by atoms with Gasteiger partial charge in [-0.05, 0) is 19.4 Å². The van der Waals surface area contributed by atoms with E-state index in [1.165, 1.54) is 4.90 Å². The lowest BCUT2D eigenvalue weighted by Crippen LogP contribution is -2.34. The molecule has 0 aliphatic carbocycles. The molecule has 136 valence electrons. The van der Waals surface area contributed by atoms with Gasteiger partial charge in [0.15, 0.2) is 6.04 Å². The van der Waals surface area contributed by atoms with Crippen molar-refractivity contribution in [2.24, 2.45) is 0 Å². The summed E-state index contributed by atoms with van der Waals surface area (Å²) >= 11 is 0. The van der Waals surface area contributed by atoms with E-state index in [0.717, 1.165) is 5.56 Å². The monoisotopic (exact) mass is 353 g/mol. The highest BCUT2D eigenvalue weighted by Gasteiger charge is 2.47. The maximum Gasteiger partial charge on any atom is 0.413 e. The van der Waals surface area contributed by atoms with Crippen LogP contribution in [-0.4, -0.2) is 23.6 Å². The average molecular weight is 353 g/mol. The van der Waals surface area contributed by atoms with Crippen molar-refractivity contribution in [3.05, 3.63) is 84.4 Å². The van der Waals surface area contributed by atoms with Crippen LogP contribution in [0.4, 0.5) is 4.79 Å². The van der Waals surface area contributed by atoms with Crippen molar-refractivity contribution in [2.45, 2.75) is 26.1 Å². The Bertz CT molecular complexity index is 730. The van der Waals surface area contributed by atoms with Crippen molar-refractivity contribution in [2.75, 3.05) is 6.61 Å². The summed E-state index contributed by atoms with van der Waals surface area (Å²) in [6.07, 6.45) is 0.397. The highest BCUT2D eigenvalue weighted by Crippen LogP contribution is 2.40. The van der Waals surface area contributed by atoms with Gasteiger partial charge in [0.05, 0.1) is 6.61 Å². The zero-order valence-corrected chi connectivity index (χ0v) is 15.0. The largest absolute Gasteiger partial charge is 0.450 e. The number of rotatable bonds is 3. The number of cyclic esters (lactones) is 1. The lowest BCUT2D eigenvalue weighted by atomic mass is 10.1. The van der Waals surface area contributed by atoms with Gasteiger partial charge in [-0.1, -0.05) is 66.7 Å². The Morgan fingerprint density at radius 1 is 1.12 bits per heavy atom. The smallest absolute Gasteiger partial charge is 0.413 e. The molecule has 1 saturated heterocycles. The third-order valence-electron chi connectivity index (χ3n) is 3.66. The molecule has 1 aliphatic heterocycles. The molecule has 0 radical (unpaired) electrons. The van der Waals surface area contributed by atoms with E-state index in [0.29, 0.717) is 5.56 Å². The van der Waals surface area contributed by atoms with Crippen molar-refractivity contribution >= 4 is 12.1 Å². The first-order valence-electron chi connectivity index (χ1n) is 8.46. The fourth-order valence-electron chi connectivity index (χ4n) is 2.66. The Balaban J connectivity index is 0.000000758. The molecule has 5 nitrogen and oxygen atoms in total. The molecule has 1 heterocycles. The molecule has 1 amide bonds. The second-order valence-electron chi connectivity index (χ2n) is 5.53. The number of hydrogen-bond donors (Lipinski definition) is 0. The molecule has 0 saturated carbocycles. The molecular weight excluding hydrogens is 330 g/mol. The zero-order chi connectivity index (χ0) is 18.9. The maximum absolute atomic E-state index is 12.4. The van der Waals surface area contributed by atoms with E-state index in [2.05, 4.69) is 6.58 Å². The topological polar surface area (TPSA) is 55.8 Å². The van der Waals surface area contributed by atoms with Crippen LogP contribution in [0.3, 0.4) is 0 Å². The van der Waals surface area contributed by atoms with Crippen LogP contribution in [0, 0.1) is 0 Å². The lowest BCUT2D eigenvalue weighted by Gasteiger charge is -2.25. The minimum Gasteiger partial charge on any atom is -0.450 e. The van der Waals surface area contributed by atoms with Crippen LogP contribution < -0.4 is 0 Å². The number of hydrogen-bond acceptors (Lipinski definition) is 4. The molecule has 0 N–H and O–H groups in total. The quantitative estimate of drug-likeness (QED) is 0.596. The number of benzene rings is 2. The molecule has 5 heteroatoms. The molecule has 2 atom stereocenters. The lowest BCUT2D eigenvalue weighted by molar-refractivity contribution is -0.143. The first-order chi connectivity index (χ1) is 12.6. The molecule has 0 bridgehead atoms. The van der Waals surface area contributed by atoms with Gasteiger partial charge in [0.1, 0.15) is 0 Å². The summed E-state index contributed by atoms with van der Waals surface area (Å²) in [7, 11) is 0. The van der Waals surface area contributed by atoms with E-state index in [1.807, 2.05) is 55.5 Å². The highest BCUT2D eigenvalue weighted by atomic mass is 16.6. The summed E-state index contributed by atoms with van der Waals surface area (Å²) in [5, 5.41) is 0. The predicted molar refractivity (Wildman–Crippen MR) is 99.2 cm³/mol. The Kier molecular flexibility index (Phi) is 6.97. The maximum atomic E-state index is 12.4. The van der Waals surface area contributed by atoms with Gasteiger partial charge in [-0.3, -0.25) is 0 Å². The fourth-order valence-corrected chi connectivity index (χ4v) is 2.66. The zero-order valence-electron chi connectivity index (χ0n) is 15.0. The van der Waals surface area contributed by atoms with Gasteiger partial charge in [0.25, 0.3) is 0 Å². The number of esters is 1. The minimum absolute atomic E-state index is 0.229. The second-order valence-corrected chi connectivity index (χ2v) is 5.53. The number of carbonyl (C=O) groups is 2. The minimum atomic E-state index is -0.805. The Morgan fingerprint density at radius 2 is 1.62 bits per heavy atom. The third kappa shape index (κ3) is 4.30. The van der Waals surface area contributed by atoms with E-state index in [1.54, 1.807) is 25.1 Å². The molecule has 2 unspecified atom stereocenters. The Hall–Kier alpha value is -3.08. The number of nitrogens with zero attached hydrogens (tertiary/aromatic N) is 1. The van der Waals surface area contributed by atoms with Crippen molar-refractivity contribution in [1.29, 1.82) is 0 Å². The molecule has 0 spiro atoms. The van der Waals surface area contributed by atoms with E-state index in [9.17, 15) is 9.59 Å². The van der Waals surface area contributed by atoms with Crippen LogP contribution in [0.1, 0.15) is 37.2 Å². The normalized spacial score (nSPS) is 18.4. The highest BCUT2D eigenvalue weighted by molar-refractivity contribution is 5.86. The van der Waals surface area contributed by atoms with E-state index in [-0.39, 0.29) is 6.61 Å². The summed E-state index contributed by atoms with van der Waals surface area (Å²) in [5.41, 5.74) is 1.43. The predicted octanol–water partition coefficient (Wildman–Crippen LogP) is 4.63. The molecule has 2 aromatic rings. The molecule has 1 aliphatic rings. The summed E-state index contributed by atoms with van der Waals surface area (Å²) < 4.78 is 10.6. The van der Waals surface area contributed by atoms with Crippen molar-refractivity contribution in [1.82, 2.24) is 4.90 Å². The van der Waals surface area contributed by atoms with Crippen LogP contribution >= 0.6 is 0 Å². The van der Waals surface area contributed by atoms with Gasteiger partial charge in [0, 0.05) is 5.56 Å². The van der Waals surface area contributed by atoms with Crippen LogP contribution in [-0.2, 0) is 14.3 Å². The second kappa shape index (κ2) is 9.42. The van der Waals surface area contributed by atoms with Crippen LogP contribution in [0.2, 0.25) is 0 Å². The standard InChI is InChI=1S/C18H17NO4.C3H6/c1-2-22-18(21)19-15(13-9-5-3-6-10-13)17(20)23-16(19)14-11-7-4-8-12-14;1-3-2/h3-12,15-16H,2H2,1H3;3H,1H2,2H3. The fraction of sp³-hybridized carbons (Fsp3) is 0.238. The first kappa shape index (κ1) is 19.2. The van der Waals surface area contributed by atoms with E-state index >= 15 is 0 Å². The SMILES string of the molecule is C=CC.CCOC(=O)N1C(c2ccccc2)OC(=O)C1c1ccccc1. The molecule has 3 rings (SSSR count). The van der Waals surface area contributed by atoms with Gasteiger partial charge in [-0.2, -0.15) is 0 Å². The Labute approximate surface area is 153 Å². The summed E-state index contributed by atoms with van der Waals surface area (Å²) in [4.78, 5) is 26.2. The Morgan fingerprint density at radius 3 is 2.12 bits per heavy atom. The number of allylic oxidation sites excluding steroid dienone is 1. The van der Waals surface area contributed by atoms with Crippen LogP contribution in [0.15, 0.2) is 73.3 Å². The number of amides is 1. The molecule has 1 fully saturated rings. The van der Waals surface area contributed by atoms with Crippen LogP contribution in [0.25, 0.3) is 0 Å². The number of carbonyl (C=O) groups excluding carboxylic acids is 2. The first-order valence-corrected chi connectivity index (χ1v) is 8.46.